The number of nitrogens with zero attached hydrogens (tertiary/aromatic N) is 4. The summed E-state index contributed by atoms with van der Waals surface area (Å²) in [6.07, 6.45) is 4.10. The number of rotatable bonds is 6. The van der Waals surface area contributed by atoms with Crippen molar-refractivity contribution in [3.05, 3.63) is 59.8 Å². The summed E-state index contributed by atoms with van der Waals surface area (Å²) >= 11 is 1.57. The first-order chi connectivity index (χ1) is 13.2. The molecule has 3 heterocycles. The van der Waals surface area contributed by atoms with Crippen LogP contribution in [0.25, 0.3) is 0 Å². The van der Waals surface area contributed by atoms with Gasteiger partial charge >= 0.3 is 0 Å². The fourth-order valence-electron chi connectivity index (χ4n) is 3.46. The summed E-state index contributed by atoms with van der Waals surface area (Å²) in [7, 11) is 0. The van der Waals surface area contributed by atoms with E-state index in [2.05, 4.69) is 26.6 Å². The molecule has 4 rings (SSSR count). The average Bonchev–Trinajstić information content (AvgIpc) is 3.31. The van der Waals surface area contributed by atoms with Crippen LogP contribution in [0.4, 0.5) is 10.3 Å². The van der Waals surface area contributed by atoms with Gasteiger partial charge in [0.25, 0.3) is 0 Å². The molecule has 1 aliphatic rings. The number of piperidine rings is 1. The Kier molecular flexibility index (Phi) is 5.48. The van der Waals surface area contributed by atoms with Crippen molar-refractivity contribution in [2.45, 2.75) is 37.2 Å². The van der Waals surface area contributed by atoms with Crippen LogP contribution in [0.1, 0.15) is 31.1 Å². The zero-order valence-corrected chi connectivity index (χ0v) is 16.2. The van der Waals surface area contributed by atoms with E-state index in [1.165, 1.54) is 18.9 Å². The lowest BCUT2D eigenvalue weighted by Crippen LogP contribution is -2.36. The molecule has 0 saturated carbocycles. The second-order valence-electron chi connectivity index (χ2n) is 7.06. The SMILES string of the molecule is CC1CCCN(c2nnc(SCc3cccc(F)c3)n2Cc2ccco2)C1. The van der Waals surface area contributed by atoms with Crippen molar-refractivity contribution in [2.24, 2.45) is 5.92 Å². The lowest BCUT2D eigenvalue weighted by molar-refractivity contribution is 0.432. The van der Waals surface area contributed by atoms with Gasteiger partial charge in [0, 0.05) is 18.8 Å². The number of furan rings is 1. The molecule has 5 nitrogen and oxygen atoms in total. The molecular formula is C20H23FN4OS. The zero-order chi connectivity index (χ0) is 18.6. The van der Waals surface area contributed by atoms with Crippen molar-refractivity contribution in [3.8, 4) is 0 Å². The van der Waals surface area contributed by atoms with Crippen molar-refractivity contribution in [1.29, 1.82) is 0 Å². The summed E-state index contributed by atoms with van der Waals surface area (Å²) in [5, 5.41) is 9.74. The number of aromatic nitrogens is 3. The predicted molar refractivity (Wildman–Crippen MR) is 104 cm³/mol. The van der Waals surface area contributed by atoms with Gasteiger partial charge in [-0.15, -0.1) is 10.2 Å². The van der Waals surface area contributed by atoms with Gasteiger partial charge in [-0.1, -0.05) is 30.8 Å². The lowest BCUT2D eigenvalue weighted by Gasteiger charge is -2.31. The highest BCUT2D eigenvalue weighted by molar-refractivity contribution is 7.98. The minimum Gasteiger partial charge on any atom is -0.467 e. The number of anilines is 1. The maximum atomic E-state index is 13.4. The maximum absolute atomic E-state index is 13.4. The quantitative estimate of drug-likeness (QED) is 0.580. The number of benzene rings is 1. The summed E-state index contributed by atoms with van der Waals surface area (Å²) in [4.78, 5) is 2.32. The third-order valence-corrected chi connectivity index (χ3v) is 5.83. The van der Waals surface area contributed by atoms with Gasteiger partial charge in [0.15, 0.2) is 5.16 Å². The second kappa shape index (κ2) is 8.17. The van der Waals surface area contributed by atoms with Crippen LogP contribution in [0.2, 0.25) is 0 Å². The predicted octanol–water partition coefficient (Wildman–Crippen LogP) is 4.59. The van der Waals surface area contributed by atoms with Gasteiger partial charge in [-0.2, -0.15) is 0 Å². The smallest absolute Gasteiger partial charge is 0.228 e. The van der Waals surface area contributed by atoms with Crippen LogP contribution in [0.15, 0.2) is 52.2 Å². The summed E-state index contributed by atoms with van der Waals surface area (Å²) in [5.41, 5.74) is 0.931. The van der Waals surface area contributed by atoms with Crippen molar-refractivity contribution in [1.82, 2.24) is 14.8 Å². The van der Waals surface area contributed by atoms with E-state index >= 15 is 0 Å². The monoisotopic (exact) mass is 386 g/mol. The van der Waals surface area contributed by atoms with Crippen molar-refractivity contribution < 1.29 is 8.81 Å². The Morgan fingerprint density at radius 3 is 2.96 bits per heavy atom. The van der Waals surface area contributed by atoms with Crippen molar-refractivity contribution >= 4 is 17.7 Å². The van der Waals surface area contributed by atoms with Gasteiger partial charge in [-0.25, -0.2) is 4.39 Å². The Morgan fingerprint density at radius 1 is 1.26 bits per heavy atom. The molecule has 0 spiro atoms. The highest BCUT2D eigenvalue weighted by atomic mass is 32.2. The normalized spacial score (nSPS) is 17.4. The van der Waals surface area contributed by atoms with E-state index in [0.717, 1.165) is 35.5 Å². The van der Waals surface area contributed by atoms with Crippen LogP contribution in [-0.4, -0.2) is 27.9 Å². The van der Waals surface area contributed by atoms with Gasteiger partial charge in [0.1, 0.15) is 11.6 Å². The van der Waals surface area contributed by atoms with Gasteiger partial charge in [0.05, 0.1) is 12.8 Å². The lowest BCUT2D eigenvalue weighted by atomic mass is 10.0. The molecular weight excluding hydrogens is 363 g/mol. The summed E-state index contributed by atoms with van der Waals surface area (Å²) in [6, 6.07) is 10.5. The molecule has 0 N–H and O–H groups in total. The standard InChI is InChI=1S/C20H23FN4OS/c1-15-5-3-9-24(12-15)19-22-23-20(25(19)13-18-8-4-10-26-18)27-14-16-6-2-7-17(21)11-16/h2,4,6-8,10-11,15H,3,5,9,12-14H2,1H3. The molecule has 3 aromatic rings. The first-order valence-electron chi connectivity index (χ1n) is 9.27. The maximum Gasteiger partial charge on any atom is 0.228 e. The first-order valence-corrected chi connectivity index (χ1v) is 10.3. The van der Waals surface area contributed by atoms with Gasteiger partial charge in [-0.05, 0) is 48.6 Å². The molecule has 1 atom stereocenters. The Labute approximate surface area is 162 Å². The number of hydrogen-bond acceptors (Lipinski definition) is 5. The molecule has 1 unspecified atom stereocenters. The summed E-state index contributed by atoms with van der Waals surface area (Å²) < 4.78 is 21.1. The topological polar surface area (TPSA) is 47.1 Å². The van der Waals surface area contributed by atoms with E-state index in [1.54, 1.807) is 30.2 Å². The van der Waals surface area contributed by atoms with Gasteiger partial charge < -0.3 is 9.32 Å². The fraction of sp³-hybridized carbons (Fsp3) is 0.400. The number of halogens is 1. The fourth-order valence-corrected chi connectivity index (χ4v) is 4.34. The number of hydrogen-bond donors (Lipinski definition) is 0. The van der Waals surface area contributed by atoms with E-state index in [9.17, 15) is 4.39 Å². The first kappa shape index (κ1) is 18.1. The summed E-state index contributed by atoms with van der Waals surface area (Å²) in [5.74, 6) is 2.84. The molecule has 1 saturated heterocycles. The van der Waals surface area contributed by atoms with Crippen LogP contribution in [-0.2, 0) is 12.3 Å². The minimum absolute atomic E-state index is 0.215. The summed E-state index contributed by atoms with van der Waals surface area (Å²) in [6.45, 7) is 4.85. The third-order valence-electron chi connectivity index (χ3n) is 4.79. The Bertz CT molecular complexity index is 880. The molecule has 0 amide bonds. The van der Waals surface area contributed by atoms with Gasteiger partial charge in [-0.3, -0.25) is 4.57 Å². The van der Waals surface area contributed by atoms with Crippen molar-refractivity contribution in [2.75, 3.05) is 18.0 Å². The third kappa shape index (κ3) is 4.35. The van der Waals surface area contributed by atoms with Crippen LogP contribution in [0.5, 0.6) is 0 Å². The molecule has 1 aliphatic heterocycles. The molecule has 0 radical (unpaired) electrons. The molecule has 1 aromatic carbocycles. The van der Waals surface area contributed by atoms with E-state index in [1.807, 2.05) is 18.2 Å². The Hall–Kier alpha value is -2.28. The van der Waals surface area contributed by atoms with Gasteiger partial charge in [0.2, 0.25) is 5.95 Å². The van der Waals surface area contributed by atoms with Crippen LogP contribution >= 0.6 is 11.8 Å². The largest absolute Gasteiger partial charge is 0.467 e. The Balaban J connectivity index is 1.58. The molecule has 7 heteroatoms. The van der Waals surface area contributed by atoms with E-state index in [4.69, 9.17) is 4.42 Å². The highest BCUT2D eigenvalue weighted by Crippen LogP contribution is 2.29. The van der Waals surface area contributed by atoms with E-state index in [-0.39, 0.29) is 5.82 Å². The second-order valence-corrected chi connectivity index (χ2v) is 8.00. The molecule has 2 aromatic heterocycles. The van der Waals surface area contributed by atoms with Crippen LogP contribution in [0.3, 0.4) is 0 Å². The molecule has 1 fully saturated rings. The zero-order valence-electron chi connectivity index (χ0n) is 15.3. The number of thioether (sulfide) groups is 1. The minimum atomic E-state index is -0.215. The van der Waals surface area contributed by atoms with Crippen LogP contribution in [0, 0.1) is 11.7 Å². The molecule has 0 bridgehead atoms. The molecule has 0 aliphatic carbocycles. The van der Waals surface area contributed by atoms with Crippen molar-refractivity contribution in [3.63, 3.8) is 0 Å². The van der Waals surface area contributed by atoms with E-state index in [0.29, 0.717) is 18.2 Å². The molecule has 27 heavy (non-hydrogen) atoms. The Morgan fingerprint density at radius 2 is 2.19 bits per heavy atom. The average molecular weight is 386 g/mol. The highest BCUT2D eigenvalue weighted by Gasteiger charge is 2.23. The molecule has 142 valence electrons. The van der Waals surface area contributed by atoms with Crippen LogP contribution < -0.4 is 4.90 Å². The van der Waals surface area contributed by atoms with E-state index < -0.39 is 0 Å².